The molecular weight excluding hydrogens is 241 g/mol. The maximum absolute atomic E-state index is 13.8. The number of aromatic nitrogens is 2. The predicted octanol–water partition coefficient (Wildman–Crippen LogP) is 2.74. The summed E-state index contributed by atoms with van der Waals surface area (Å²) in [5, 5.41) is 4.20. The Morgan fingerprint density at radius 2 is 2.24 bits per heavy atom. The molecule has 2 N–H and O–H groups in total. The van der Waals surface area contributed by atoms with E-state index in [1.165, 1.54) is 6.07 Å². The van der Waals surface area contributed by atoms with E-state index >= 15 is 0 Å². The standard InChI is InChI=1S/C12H13ClFN3/c1-2-17-10(6-7-16-17)12(15)8-4-3-5-9(13)11(8)14/h3-7,12H,2,15H2,1H3. The van der Waals surface area contributed by atoms with Crippen molar-refractivity contribution in [3.8, 4) is 0 Å². The lowest BCUT2D eigenvalue weighted by molar-refractivity contribution is 0.568. The van der Waals surface area contributed by atoms with Gasteiger partial charge in [0.05, 0.1) is 16.8 Å². The molecule has 0 saturated carbocycles. The maximum atomic E-state index is 13.8. The van der Waals surface area contributed by atoms with Crippen LogP contribution in [0.4, 0.5) is 4.39 Å². The molecule has 90 valence electrons. The Labute approximate surface area is 104 Å². The summed E-state index contributed by atoms with van der Waals surface area (Å²) in [6.45, 7) is 2.65. The Kier molecular flexibility index (Phi) is 3.45. The molecule has 0 saturated heterocycles. The van der Waals surface area contributed by atoms with Crippen molar-refractivity contribution in [3.63, 3.8) is 0 Å². The Morgan fingerprint density at radius 3 is 2.94 bits per heavy atom. The zero-order valence-corrected chi connectivity index (χ0v) is 10.2. The average molecular weight is 254 g/mol. The fourth-order valence-corrected chi connectivity index (χ4v) is 1.97. The molecule has 3 nitrogen and oxygen atoms in total. The molecule has 1 unspecified atom stereocenters. The number of rotatable bonds is 3. The van der Waals surface area contributed by atoms with Gasteiger partial charge in [-0.25, -0.2) is 4.39 Å². The zero-order valence-electron chi connectivity index (χ0n) is 9.40. The summed E-state index contributed by atoms with van der Waals surface area (Å²) in [5.41, 5.74) is 7.20. The molecule has 5 heteroatoms. The van der Waals surface area contributed by atoms with E-state index in [-0.39, 0.29) is 5.02 Å². The first-order chi connectivity index (χ1) is 8.15. The van der Waals surface area contributed by atoms with E-state index in [1.807, 2.05) is 6.92 Å². The van der Waals surface area contributed by atoms with Crippen LogP contribution in [0.15, 0.2) is 30.5 Å². The lowest BCUT2D eigenvalue weighted by Gasteiger charge is -2.15. The molecule has 17 heavy (non-hydrogen) atoms. The second-order valence-corrected chi connectivity index (χ2v) is 4.10. The van der Waals surface area contributed by atoms with Crippen molar-refractivity contribution in [1.82, 2.24) is 9.78 Å². The molecule has 0 aliphatic carbocycles. The van der Waals surface area contributed by atoms with Gasteiger partial charge in [-0.15, -0.1) is 0 Å². The van der Waals surface area contributed by atoms with E-state index in [9.17, 15) is 4.39 Å². The average Bonchev–Trinajstić information content (AvgIpc) is 2.80. The number of hydrogen-bond acceptors (Lipinski definition) is 2. The van der Waals surface area contributed by atoms with Crippen molar-refractivity contribution < 1.29 is 4.39 Å². The van der Waals surface area contributed by atoms with Crippen LogP contribution >= 0.6 is 11.6 Å². The van der Waals surface area contributed by atoms with Crippen LogP contribution in [0.2, 0.25) is 5.02 Å². The van der Waals surface area contributed by atoms with Gasteiger partial charge in [0.15, 0.2) is 0 Å². The van der Waals surface area contributed by atoms with Crippen LogP contribution in [0.1, 0.15) is 24.2 Å². The Bertz CT molecular complexity index is 524. The SMILES string of the molecule is CCn1nccc1C(N)c1cccc(Cl)c1F. The Balaban J connectivity index is 2.44. The summed E-state index contributed by atoms with van der Waals surface area (Å²) in [4.78, 5) is 0. The van der Waals surface area contributed by atoms with Gasteiger partial charge in [-0.2, -0.15) is 5.10 Å². The van der Waals surface area contributed by atoms with Crippen LogP contribution < -0.4 is 5.73 Å². The molecular formula is C12H13ClFN3. The van der Waals surface area contributed by atoms with E-state index in [0.717, 1.165) is 5.69 Å². The monoisotopic (exact) mass is 253 g/mol. The van der Waals surface area contributed by atoms with Crippen molar-refractivity contribution in [1.29, 1.82) is 0 Å². The molecule has 0 aliphatic rings. The van der Waals surface area contributed by atoms with Gasteiger partial charge in [0.25, 0.3) is 0 Å². The number of aryl methyl sites for hydroxylation is 1. The number of benzene rings is 1. The minimum absolute atomic E-state index is 0.0838. The highest BCUT2D eigenvalue weighted by molar-refractivity contribution is 6.30. The highest BCUT2D eigenvalue weighted by Crippen LogP contribution is 2.26. The van der Waals surface area contributed by atoms with Gasteiger partial charge >= 0.3 is 0 Å². The summed E-state index contributed by atoms with van der Waals surface area (Å²) < 4.78 is 15.6. The summed E-state index contributed by atoms with van der Waals surface area (Å²) in [5.74, 6) is -0.467. The van der Waals surface area contributed by atoms with Gasteiger partial charge in [-0.1, -0.05) is 23.7 Å². The quantitative estimate of drug-likeness (QED) is 0.914. The molecule has 0 spiro atoms. The van der Waals surface area contributed by atoms with E-state index < -0.39 is 11.9 Å². The molecule has 1 heterocycles. The molecule has 0 fully saturated rings. The summed E-state index contributed by atoms with van der Waals surface area (Å²) in [7, 11) is 0. The van der Waals surface area contributed by atoms with Gasteiger partial charge in [0, 0.05) is 18.3 Å². The summed E-state index contributed by atoms with van der Waals surface area (Å²) in [6, 6.07) is 6.06. The second-order valence-electron chi connectivity index (χ2n) is 3.69. The molecule has 1 atom stereocenters. The highest BCUT2D eigenvalue weighted by Gasteiger charge is 2.18. The van der Waals surface area contributed by atoms with Crippen LogP contribution in [-0.2, 0) is 6.54 Å². The molecule has 1 aromatic heterocycles. The minimum Gasteiger partial charge on any atom is -0.319 e. The fraction of sp³-hybridized carbons (Fsp3) is 0.250. The highest BCUT2D eigenvalue weighted by atomic mass is 35.5. The van der Waals surface area contributed by atoms with Crippen molar-refractivity contribution in [2.75, 3.05) is 0 Å². The fourth-order valence-electron chi connectivity index (χ4n) is 1.79. The third kappa shape index (κ3) is 2.18. The smallest absolute Gasteiger partial charge is 0.146 e. The van der Waals surface area contributed by atoms with Crippen molar-refractivity contribution in [3.05, 3.63) is 52.6 Å². The third-order valence-corrected chi connectivity index (χ3v) is 2.98. The first-order valence-electron chi connectivity index (χ1n) is 5.36. The minimum atomic E-state index is -0.559. The lowest BCUT2D eigenvalue weighted by Crippen LogP contribution is -2.18. The van der Waals surface area contributed by atoms with Gasteiger partial charge in [-0.05, 0) is 19.1 Å². The van der Waals surface area contributed by atoms with Crippen LogP contribution in [0.5, 0.6) is 0 Å². The van der Waals surface area contributed by atoms with Crippen LogP contribution in [0.25, 0.3) is 0 Å². The number of nitrogens with two attached hydrogens (primary N) is 1. The first kappa shape index (κ1) is 12.1. The molecule has 2 rings (SSSR count). The van der Waals surface area contributed by atoms with E-state index in [2.05, 4.69) is 5.10 Å². The van der Waals surface area contributed by atoms with Crippen molar-refractivity contribution in [2.45, 2.75) is 19.5 Å². The molecule has 1 aromatic carbocycles. The number of hydrogen-bond donors (Lipinski definition) is 1. The number of nitrogens with zero attached hydrogens (tertiary/aromatic N) is 2. The van der Waals surface area contributed by atoms with Gasteiger partial charge in [0.1, 0.15) is 5.82 Å². The Morgan fingerprint density at radius 1 is 1.47 bits per heavy atom. The van der Waals surface area contributed by atoms with Gasteiger partial charge in [-0.3, -0.25) is 4.68 Å². The van der Waals surface area contributed by atoms with Crippen LogP contribution in [0, 0.1) is 5.82 Å². The zero-order chi connectivity index (χ0) is 12.4. The molecule has 0 radical (unpaired) electrons. The van der Waals surface area contributed by atoms with E-state index in [4.69, 9.17) is 17.3 Å². The number of halogens is 2. The molecule has 2 aromatic rings. The van der Waals surface area contributed by atoms with E-state index in [1.54, 1.807) is 29.1 Å². The maximum Gasteiger partial charge on any atom is 0.146 e. The largest absolute Gasteiger partial charge is 0.319 e. The second kappa shape index (κ2) is 4.85. The first-order valence-corrected chi connectivity index (χ1v) is 5.74. The molecule has 0 bridgehead atoms. The third-order valence-electron chi connectivity index (χ3n) is 2.68. The predicted molar refractivity (Wildman–Crippen MR) is 65.3 cm³/mol. The topological polar surface area (TPSA) is 43.8 Å². The van der Waals surface area contributed by atoms with Crippen LogP contribution in [-0.4, -0.2) is 9.78 Å². The summed E-state index contributed by atoms with van der Waals surface area (Å²) in [6.07, 6.45) is 1.65. The van der Waals surface area contributed by atoms with Gasteiger partial charge in [0.2, 0.25) is 0 Å². The lowest BCUT2D eigenvalue weighted by atomic mass is 10.0. The normalized spacial score (nSPS) is 12.7. The van der Waals surface area contributed by atoms with Crippen molar-refractivity contribution in [2.24, 2.45) is 5.73 Å². The summed E-state index contributed by atoms with van der Waals surface area (Å²) >= 11 is 5.74. The Hall–Kier alpha value is -1.39. The molecule has 0 amide bonds. The van der Waals surface area contributed by atoms with Gasteiger partial charge < -0.3 is 5.73 Å². The van der Waals surface area contributed by atoms with Crippen molar-refractivity contribution >= 4 is 11.6 Å². The molecule has 0 aliphatic heterocycles. The van der Waals surface area contributed by atoms with Crippen LogP contribution in [0.3, 0.4) is 0 Å². The van der Waals surface area contributed by atoms with E-state index in [0.29, 0.717) is 12.1 Å².